The maximum Gasteiger partial charge on any atom is 0.303 e. The number of benzene rings is 1. The van der Waals surface area contributed by atoms with Gasteiger partial charge in [-0.1, -0.05) is 17.3 Å². The van der Waals surface area contributed by atoms with Crippen LogP contribution in [0.4, 0.5) is 11.5 Å². The lowest BCUT2D eigenvalue weighted by Gasteiger charge is -2.11. The van der Waals surface area contributed by atoms with Crippen molar-refractivity contribution in [1.82, 2.24) is 5.16 Å². The Labute approximate surface area is 160 Å². The number of anilines is 2. The molecule has 1 heterocycles. The summed E-state index contributed by atoms with van der Waals surface area (Å²) >= 11 is 1.20. The van der Waals surface area contributed by atoms with Gasteiger partial charge in [0.1, 0.15) is 5.76 Å². The van der Waals surface area contributed by atoms with Gasteiger partial charge in [-0.25, -0.2) is 0 Å². The summed E-state index contributed by atoms with van der Waals surface area (Å²) in [6.45, 7) is 3.43. The second-order valence-electron chi connectivity index (χ2n) is 5.91. The third-order valence-corrected chi connectivity index (χ3v) is 4.69. The van der Waals surface area contributed by atoms with Crippen molar-refractivity contribution in [1.29, 1.82) is 0 Å². The Hall–Kier alpha value is -2.81. The van der Waals surface area contributed by atoms with E-state index in [0.29, 0.717) is 23.7 Å². The molecule has 9 heteroatoms. The first-order chi connectivity index (χ1) is 12.8. The van der Waals surface area contributed by atoms with Crippen molar-refractivity contribution in [3.63, 3.8) is 0 Å². The fourth-order valence-electron chi connectivity index (χ4n) is 2.18. The lowest BCUT2D eigenvalue weighted by atomic mass is 10.1. The Kier molecular flexibility index (Phi) is 7.42. The van der Waals surface area contributed by atoms with Gasteiger partial charge in [0.15, 0.2) is 5.82 Å². The van der Waals surface area contributed by atoms with Gasteiger partial charge in [0.25, 0.3) is 0 Å². The Morgan fingerprint density at radius 2 is 2.04 bits per heavy atom. The first-order valence-corrected chi connectivity index (χ1v) is 9.34. The zero-order valence-electron chi connectivity index (χ0n) is 15.0. The van der Waals surface area contributed by atoms with E-state index < -0.39 is 11.2 Å². The lowest BCUT2D eigenvalue weighted by molar-refractivity contribution is -0.137. The molecule has 0 fully saturated rings. The average molecular weight is 391 g/mol. The molecule has 0 spiro atoms. The molecule has 2 amide bonds. The standard InChI is InChI=1S/C18H21N3O5S/c1-11-8-15(21-26-11)20-18(25)12(2)27-10-16(22)19-14-5-3-4-13(9-14)6-7-17(23)24/h3-5,8-9,12H,6-7,10H2,1-2H3,(H,19,22)(H,23,24)(H,20,21,25). The topological polar surface area (TPSA) is 122 Å². The van der Waals surface area contributed by atoms with E-state index in [1.165, 1.54) is 11.8 Å². The predicted octanol–water partition coefficient (Wildman–Crippen LogP) is 2.70. The second kappa shape index (κ2) is 9.77. The highest BCUT2D eigenvalue weighted by Gasteiger charge is 2.17. The number of carbonyl (C=O) groups excluding carboxylic acids is 2. The number of hydrogen-bond donors (Lipinski definition) is 3. The summed E-state index contributed by atoms with van der Waals surface area (Å²) in [6, 6.07) is 8.66. The van der Waals surface area contributed by atoms with Crippen LogP contribution in [0.5, 0.6) is 0 Å². The van der Waals surface area contributed by atoms with Crippen LogP contribution < -0.4 is 10.6 Å². The number of nitrogens with zero attached hydrogens (tertiary/aromatic N) is 1. The number of aromatic nitrogens is 1. The Balaban J connectivity index is 1.79. The molecule has 144 valence electrons. The first kappa shape index (κ1) is 20.5. The Morgan fingerprint density at radius 3 is 2.70 bits per heavy atom. The second-order valence-corrected chi connectivity index (χ2v) is 7.24. The molecule has 0 aliphatic heterocycles. The summed E-state index contributed by atoms with van der Waals surface area (Å²) in [4.78, 5) is 34.8. The summed E-state index contributed by atoms with van der Waals surface area (Å²) in [7, 11) is 0. The third kappa shape index (κ3) is 7.14. The van der Waals surface area contributed by atoms with Gasteiger partial charge in [-0.05, 0) is 38.0 Å². The number of amides is 2. The highest BCUT2D eigenvalue weighted by Crippen LogP contribution is 2.16. The van der Waals surface area contributed by atoms with Gasteiger partial charge in [0.05, 0.1) is 11.0 Å². The zero-order valence-corrected chi connectivity index (χ0v) is 15.8. The molecule has 3 N–H and O–H groups in total. The number of nitrogens with one attached hydrogen (secondary N) is 2. The van der Waals surface area contributed by atoms with E-state index in [4.69, 9.17) is 9.63 Å². The number of hydrogen-bond acceptors (Lipinski definition) is 6. The van der Waals surface area contributed by atoms with E-state index in [2.05, 4.69) is 15.8 Å². The largest absolute Gasteiger partial charge is 0.481 e. The monoisotopic (exact) mass is 391 g/mol. The van der Waals surface area contributed by atoms with Crippen LogP contribution in [-0.2, 0) is 20.8 Å². The third-order valence-electron chi connectivity index (χ3n) is 3.55. The molecule has 0 aliphatic carbocycles. The van der Waals surface area contributed by atoms with Crippen LogP contribution in [0.1, 0.15) is 24.7 Å². The van der Waals surface area contributed by atoms with Crippen LogP contribution in [0.2, 0.25) is 0 Å². The minimum absolute atomic E-state index is 0.0327. The molecule has 8 nitrogen and oxygen atoms in total. The summed E-state index contributed by atoms with van der Waals surface area (Å²) in [6.07, 6.45) is 0.428. The number of rotatable bonds is 9. The Morgan fingerprint density at radius 1 is 1.26 bits per heavy atom. The number of carboxylic acids is 1. The molecule has 1 atom stereocenters. The van der Waals surface area contributed by atoms with Gasteiger partial charge in [0, 0.05) is 18.2 Å². The van der Waals surface area contributed by atoms with Crippen molar-refractivity contribution in [3.8, 4) is 0 Å². The van der Waals surface area contributed by atoms with E-state index in [1.807, 2.05) is 6.07 Å². The van der Waals surface area contributed by atoms with E-state index in [-0.39, 0.29) is 24.0 Å². The van der Waals surface area contributed by atoms with Gasteiger partial charge >= 0.3 is 5.97 Å². The van der Waals surface area contributed by atoms with Crippen LogP contribution in [0.3, 0.4) is 0 Å². The molecule has 1 unspecified atom stereocenters. The molecule has 0 saturated carbocycles. The summed E-state index contributed by atoms with van der Waals surface area (Å²) in [5.41, 5.74) is 1.43. The van der Waals surface area contributed by atoms with Crippen LogP contribution in [0.25, 0.3) is 0 Å². The number of carbonyl (C=O) groups is 3. The fraction of sp³-hybridized carbons (Fsp3) is 0.333. The smallest absolute Gasteiger partial charge is 0.303 e. The minimum Gasteiger partial charge on any atom is -0.481 e. The van der Waals surface area contributed by atoms with Crippen molar-refractivity contribution in [2.24, 2.45) is 0 Å². The highest BCUT2D eigenvalue weighted by atomic mass is 32.2. The van der Waals surface area contributed by atoms with Gasteiger partial charge in [-0.3, -0.25) is 14.4 Å². The molecule has 2 rings (SSSR count). The average Bonchev–Trinajstić information content (AvgIpc) is 3.03. The number of aryl methyl sites for hydroxylation is 2. The van der Waals surface area contributed by atoms with Gasteiger partial charge in [-0.2, -0.15) is 0 Å². The Bertz CT molecular complexity index is 821. The maximum absolute atomic E-state index is 12.1. The van der Waals surface area contributed by atoms with Gasteiger partial charge < -0.3 is 20.3 Å². The molecular formula is C18H21N3O5S. The van der Waals surface area contributed by atoms with E-state index in [9.17, 15) is 14.4 Å². The molecule has 1 aromatic heterocycles. The minimum atomic E-state index is -0.867. The van der Waals surface area contributed by atoms with Crippen LogP contribution >= 0.6 is 11.8 Å². The SMILES string of the molecule is Cc1cc(NC(=O)C(C)SCC(=O)Nc2cccc(CCC(=O)O)c2)no1. The first-order valence-electron chi connectivity index (χ1n) is 8.30. The number of carboxylic acid groups (broad SMARTS) is 1. The van der Waals surface area contributed by atoms with Crippen LogP contribution in [0.15, 0.2) is 34.9 Å². The van der Waals surface area contributed by atoms with Crippen LogP contribution in [-0.4, -0.2) is 39.0 Å². The lowest BCUT2D eigenvalue weighted by Crippen LogP contribution is -2.25. The number of thioether (sulfide) groups is 1. The molecule has 1 aromatic carbocycles. The summed E-state index contributed by atoms with van der Waals surface area (Å²) in [5, 5.41) is 17.4. The molecule has 0 bridgehead atoms. The van der Waals surface area contributed by atoms with Gasteiger partial charge in [0.2, 0.25) is 11.8 Å². The van der Waals surface area contributed by atoms with Crippen molar-refractivity contribution >= 4 is 41.1 Å². The quantitative estimate of drug-likeness (QED) is 0.601. The van der Waals surface area contributed by atoms with Gasteiger partial charge in [-0.15, -0.1) is 11.8 Å². The van der Waals surface area contributed by atoms with E-state index >= 15 is 0 Å². The van der Waals surface area contributed by atoms with Crippen LogP contribution in [0, 0.1) is 6.92 Å². The molecule has 27 heavy (non-hydrogen) atoms. The van der Waals surface area contributed by atoms with E-state index in [1.54, 1.807) is 38.1 Å². The van der Waals surface area contributed by atoms with Crippen molar-refractivity contribution in [2.45, 2.75) is 31.9 Å². The molecule has 0 saturated heterocycles. The highest BCUT2D eigenvalue weighted by molar-refractivity contribution is 8.01. The normalized spacial score (nSPS) is 11.6. The maximum atomic E-state index is 12.1. The molecule has 2 aromatic rings. The predicted molar refractivity (Wildman–Crippen MR) is 103 cm³/mol. The fourth-order valence-corrected chi connectivity index (χ4v) is 2.87. The van der Waals surface area contributed by atoms with E-state index in [0.717, 1.165) is 5.56 Å². The summed E-state index contributed by atoms with van der Waals surface area (Å²) in [5.74, 6) is -0.340. The molecule has 0 radical (unpaired) electrons. The molecule has 0 aliphatic rings. The number of aliphatic carboxylic acids is 1. The summed E-state index contributed by atoms with van der Waals surface area (Å²) < 4.78 is 4.88. The molecular weight excluding hydrogens is 370 g/mol. The zero-order chi connectivity index (χ0) is 19.8. The van der Waals surface area contributed by atoms with Crippen molar-refractivity contribution in [2.75, 3.05) is 16.4 Å². The van der Waals surface area contributed by atoms with Crippen molar-refractivity contribution in [3.05, 3.63) is 41.7 Å². The van der Waals surface area contributed by atoms with Crippen molar-refractivity contribution < 1.29 is 24.0 Å².